The van der Waals surface area contributed by atoms with Crippen molar-refractivity contribution in [2.24, 2.45) is 0 Å². The van der Waals surface area contributed by atoms with Gasteiger partial charge in [0.1, 0.15) is 0 Å². The molecule has 0 N–H and O–H groups in total. The van der Waals surface area contributed by atoms with E-state index in [1.807, 2.05) is 0 Å². The highest BCUT2D eigenvalue weighted by Gasteiger charge is 2.38. The van der Waals surface area contributed by atoms with Crippen molar-refractivity contribution in [1.29, 1.82) is 0 Å². The lowest BCUT2D eigenvalue weighted by molar-refractivity contribution is -0.143. The molecule has 0 aromatic heterocycles. The first kappa shape index (κ1) is 14.8. The van der Waals surface area contributed by atoms with E-state index in [1.54, 1.807) is 0 Å². The minimum Gasteiger partial charge on any atom is -0.192 e. The number of rotatable bonds is 1. The Morgan fingerprint density at radius 3 is 1.33 bits per heavy atom. The fourth-order valence-corrected chi connectivity index (χ4v) is 1.61. The molecule has 1 radical (unpaired) electrons. The van der Waals surface area contributed by atoms with Crippen molar-refractivity contribution in [3.63, 3.8) is 0 Å². The minimum absolute atomic E-state index is 0.141. The Labute approximate surface area is 96.8 Å². The van der Waals surface area contributed by atoms with Gasteiger partial charge in [0.15, 0.2) is 0 Å². The number of hydrogen-bond donors (Lipinski definition) is 0. The molecule has 0 heterocycles. The van der Waals surface area contributed by atoms with Gasteiger partial charge < -0.3 is 0 Å². The van der Waals surface area contributed by atoms with Gasteiger partial charge in [-0.25, -0.2) is 0 Å². The number of alkyl halides is 6. The van der Waals surface area contributed by atoms with E-state index in [4.69, 9.17) is 0 Å². The van der Waals surface area contributed by atoms with Gasteiger partial charge in [0.05, 0.1) is 16.0 Å². The number of hydrogen-bond acceptors (Lipinski definition) is 2. The van der Waals surface area contributed by atoms with E-state index < -0.39 is 38.5 Å². The Morgan fingerprint density at radius 1 is 0.778 bits per heavy atom. The number of benzene rings is 1. The van der Waals surface area contributed by atoms with Crippen LogP contribution in [0.1, 0.15) is 11.1 Å². The molecule has 0 saturated carbocycles. The zero-order valence-corrected chi connectivity index (χ0v) is 8.95. The molecule has 1 aromatic rings. The summed E-state index contributed by atoms with van der Waals surface area (Å²) < 4.78 is 105. The van der Waals surface area contributed by atoms with Crippen LogP contribution in [-0.4, -0.2) is 8.42 Å². The number of halogens is 6. The highest BCUT2D eigenvalue weighted by molar-refractivity contribution is 7.85. The van der Waals surface area contributed by atoms with Gasteiger partial charge in [0, 0.05) is 0 Å². The Morgan fingerprint density at radius 2 is 1.11 bits per heavy atom. The zero-order chi connectivity index (χ0) is 14.4. The van der Waals surface area contributed by atoms with Crippen molar-refractivity contribution in [3.8, 4) is 0 Å². The Balaban J connectivity index is 3.60. The van der Waals surface area contributed by atoms with Gasteiger partial charge in [-0.3, -0.25) is 0 Å². The average Bonchev–Trinajstić information content (AvgIpc) is 2.13. The lowest BCUT2D eigenvalue weighted by Crippen LogP contribution is -2.13. The Kier molecular flexibility index (Phi) is 3.38. The second-order valence-electron chi connectivity index (χ2n) is 3.20. The first-order chi connectivity index (χ1) is 7.82. The first-order valence-electron chi connectivity index (χ1n) is 4.07. The third-order valence-corrected chi connectivity index (χ3v) is 2.66. The predicted molar refractivity (Wildman–Crippen MR) is 44.3 cm³/mol. The second-order valence-corrected chi connectivity index (χ2v) is 4.58. The van der Waals surface area contributed by atoms with E-state index in [2.05, 4.69) is 0 Å². The molecule has 0 spiro atoms. The van der Waals surface area contributed by atoms with E-state index >= 15 is 0 Å². The third kappa shape index (κ3) is 3.35. The molecule has 0 fully saturated rings. The van der Waals surface area contributed by atoms with Gasteiger partial charge in [-0.1, -0.05) is 4.55 Å². The van der Waals surface area contributed by atoms with Crippen LogP contribution in [0.25, 0.3) is 0 Å². The summed E-state index contributed by atoms with van der Waals surface area (Å²) in [6, 6.07) is -0.552. The van der Waals surface area contributed by atoms with Crippen LogP contribution in [0.5, 0.6) is 0 Å². The summed E-state index contributed by atoms with van der Waals surface area (Å²) in [6.45, 7) is 0. The van der Waals surface area contributed by atoms with Gasteiger partial charge in [0.2, 0.25) is 0 Å². The monoisotopic (exact) mass is 293 g/mol. The maximum Gasteiger partial charge on any atom is 0.416 e. The van der Waals surface area contributed by atoms with Crippen molar-refractivity contribution in [3.05, 3.63) is 29.3 Å². The topological polar surface area (TPSA) is 54.0 Å². The van der Waals surface area contributed by atoms with Crippen molar-refractivity contribution in [2.45, 2.75) is 17.2 Å². The second kappa shape index (κ2) is 4.12. The molecule has 18 heavy (non-hydrogen) atoms. The molecular formula is C8H3F6O3S. The van der Waals surface area contributed by atoms with Gasteiger partial charge in [0.25, 0.3) is 0 Å². The summed E-state index contributed by atoms with van der Waals surface area (Å²) in [4.78, 5) is -1.58. The van der Waals surface area contributed by atoms with E-state index in [-0.39, 0.29) is 18.2 Å². The molecule has 0 bridgehead atoms. The van der Waals surface area contributed by atoms with Crippen molar-refractivity contribution >= 4 is 10.1 Å². The van der Waals surface area contributed by atoms with Crippen LogP contribution in [0.15, 0.2) is 23.1 Å². The van der Waals surface area contributed by atoms with E-state index in [0.717, 1.165) is 0 Å². The van der Waals surface area contributed by atoms with Crippen molar-refractivity contribution in [2.75, 3.05) is 0 Å². The normalized spacial score (nSPS) is 13.7. The van der Waals surface area contributed by atoms with Crippen molar-refractivity contribution < 1.29 is 39.3 Å². The Hall–Kier alpha value is -1.29. The van der Waals surface area contributed by atoms with E-state index in [9.17, 15) is 39.3 Å². The summed E-state index contributed by atoms with van der Waals surface area (Å²) in [5.41, 5.74) is -3.71. The van der Waals surface area contributed by atoms with Crippen LogP contribution in [0.2, 0.25) is 0 Å². The fraction of sp³-hybridized carbons (Fsp3) is 0.250. The lowest BCUT2D eigenvalue weighted by atomic mass is 10.1. The summed E-state index contributed by atoms with van der Waals surface area (Å²) in [7, 11) is -5.42. The highest BCUT2D eigenvalue weighted by atomic mass is 32.2. The standard InChI is InChI=1S/C8H3F6O3S/c9-7(10,11)4-1-5(8(12,13)14)3-6(2-4)18(15,16)17/h1-3H. The lowest BCUT2D eigenvalue weighted by Gasteiger charge is -2.12. The van der Waals surface area contributed by atoms with Crippen LogP contribution in [0.4, 0.5) is 26.3 Å². The molecule has 0 atom stereocenters. The molecule has 0 aliphatic heterocycles. The minimum atomic E-state index is -5.42. The van der Waals surface area contributed by atoms with Crippen LogP contribution >= 0.6 is 0 Å². The first-order valence-corrected chi connectivity index (χ1v) is 5.48. The highest BCUT2D eigenvalue weighted by Crippen LogP contribution is 2.37. The molecular weight excluding hydrogens is 290 g/mol. The van der Waals surface area contributed by atoms with E-state index in [0.29, 0.717) is 0 Å². The van der Waals surface area contributed by atoms with Gasteiger partial charge in [-0.05, 0) is 18.2 Å². The van der Waals surface area contributed by atoms with Crippen LogP contribution in [0.3, 0.4) is 0 Å². The van der Waals surface area contributed by atoms with E-state index in [1.165, 1.54) is 0 Å². The smallest absolute Gasteiger partial charge is 0.192 e. The maximum atomic E-state index is 12.3. The largest absolute Gasteiger partial charge is 0.416 e. The summed E-state index contributed by atoms with van der Waals surface area (Å²) in [6.07, 6.45) is -10.4. The third-order valence-electron chi connectivity index (χ3n) is 1.85. The molecule has 0 saturated heterocycles. The molecule has 0 amide bonds. The molecule has 1 rings (SSSR count). The summed E-state index contributed by atoms with van der Waals surface area (Å²) in [5.74, 6) is 0. The van der Waals surface area contributed by atoms with Crippen molar-refractivity contribution in [1.82, 2.24) is 0 Å². The molecule has 0 aliphatic carbocycles. The summed E-state index contributed by atoms with van der Waals surface area (Å²) in [5, 5.41) is 0. The maximum absolute atomic E-state index is 12.3. The van der Waals surface area contributed by atoms with Crippen LogP contribution in [0, 0.1) is 0 Å². The Bertz CT molecular complexity index is 525. The van der Waals surface area contributed by atoms with Crippen LogP contribution < -0.4 is 0 Å². The fourth-order valence-electron chi connectivity index (χ4n) is 1.07. The average molecular weight is 293 g/mol. The van der Waals surface area contributed by atoms with Gasteiger partial charge >= 0.3 is 22.5 Å². The molecule has 10 heteroatoms. The van der Waals surface area contributed by atoms with Crippen LogP contribution in [-0.2, 0) is 27.0 Å². The SMILES string of the molecule is [O]S(=O)(=O)c1cc(C(F)(F)F)cc(C(F)(F)F)c1. The van der Waals surface area contributed by atoms with Gasteiger partial charge in [-0.2, -0.15) is 34.8 Å². The quantitative estimate of drug-likeness (QED) is 0.748. The molecule has 101 valence electrons. The predicted octanol–water partition coefficient (Wildman–Crippen LogP) is 2.84. The molecule has 3 nitrogen and oxygen atoms in total. The molecule has 0 unspecified atom stereocenters. The zero-order valence-electron chi connectivity index (χ0n) is 8.13. The molecule has 0 aliphatic rings. The van der Waals surface area contributed by atoms with Gasteiger partial charge in [-0.15, -0.1) is 0 Å². The summed E-state index contributed by atoms with van der Waals surface area (Å²) >= 11 is 0. The molecule has 1 aromatic carbocycles.